The van der Waals surface area contributed by atoms with Gasteiger partial charge >= 0.3 is 35.5 Å². The maximum atomic E-state index is 13.9. The van der Waals surface area contributed by atoms with Crippen molar-refractivity contribution < 1.29 is 62.3 Å². The van der Waals surface area contributed by atoms with Gasteiger partial charge in [0.1, 0.15) is 0 Å². The number of nitrogens with one attached hydrogen (secondary N) is 2. The lowest BCUT2D eigenvalue weighted by molar-refractivity contribution is -0.345. The maximum absolute atomic E-state index is 13.9. The van der Waals surface area contributed by atoms with Crippen LogP contribution in [0.5, 0.6) is 0 Å². The number of amides is 2. The number of alkyl halides is 8. The summed E-state index contributed by atoms with van der Waals surface area (Å²) in [4.78, 5) is 22.9. The number of carbonyl (C=O) groups is 2. The summed E-state index contributed by atoms with van der Waals surface area (Å²) >= 11 is 0. The van der Waals surface area contributed by atoms with Crippen molar-refractivity contribution >= 4 is 23.2 Å². The molecule has 4 nitrogen and oxygen atoms in total. The predicted octanol–water partition coefficient (Wildman–Crippen LogP) is 5.36. The second kappa shape index (κ2) is 8.72. The van der Waals surface area contributed by atoms with Gasteiger partial charge in [0.05, 0.1) is 0 Å². The highest BCUT2D eigenvalue weighted by atomic mass is 19.4. The van der Waals surface area contributed by atoms with E-state index in [1.807, 2.05) is 0 Å². The maximum Gasteiger partial charge on any atom is 0.393 e. The van der Waals surface area contributed by atoms with Crippen LogP contribution in [-0.4, -0.2) is 35.5 Å². The summed E-state index contributed by atoms with van der Waals surface area (Å²) < 4.78 is 163. The first kappa shape index (κ1) is 26.8. The molecule has 0 aliphatic rings. The van der Waals surface area contributed by atoms with Crippen LogP contribution in [-0.2, 0) is 9.59 Å². The molecule has 0 spiro atoms. The van der Waals surface area contributed by atoms with E-state index in [1.54, 1.807) is 0 Å². The Morgan fingerprint density at radius 1 is 0.529 bits per heavy atom. The van der Waals surface area contributed by atoms with Crippen LogP contribution in [0, 0.1) is 23.3 Å². The van der Waals surface area contributed by atoms with Crippen molar-refractivity contribution in [2.45, 2.75) is 23.7 Å². The van der Waals surface area contributed by atoms with E-state index in [9.17, 15) is 62.3 Å². The van der Waals surface area contributed by atoms with Crippen LogP contribution < -0.4 is 10.6 Å². The average molecular weight is 512 g/mol. The standard InChI is InChI=1S/C18H8F12N2O2/c19-9-3-1-7(5-11(9)21)31-13(33)15(23,24)17(27,28)18(29,30)16(25,26)14(34)32-8-2-4-10(20)12(22)6-8/h1-6H,(H,31,33)(H,32,34). The summed E-state index contributed by atoms with van der Waals surface area (Å²) in [6.45, 7) is 0. The largest absolute Gasteiger partial charge is 0.393 e. The predicted molar refractivity (Wildman–Crippen MR) is 89.8 cm³/mol. The Labute approximate surface area is 180 Å². The Bertz CT molecular complexity index is 1030. The molecule has 2 aromatic carbocycles. The molecule has 0 atom stereocenters. The molecule has 186 valence electrons. The molecule has 0 unspecified atom stereocenters. The fourth-order valence-corrected chi connectivity index (χ4v) is 2.25. The summed E-state index contributed by atoms with van der Waals surface area (Å²) in [5.74, 6) is -41.2. The summed E-state index contributed by atoms with van der Waals surface area (Å²) in [7, 11) is 0. The lowest BCUT2D eigenvalue weighted by Crippen LogP contribution is -2.67. The molecule has 2 aromatic rings. The summed E-state index contributed by atoms with van der Waals surface area (Å²) in [6, 6.07) is 1.14. The van der Waals surface area contributed by atoms with Crippen molar-refractivity contribution in [3.63, 3.8) is 0 Å². The molecule has 0 heterocycles. The molecule has 0 saturated heterocycles. The van der Waals surface area contributed by atoms with Crippen LogP contribution >= 0.6 is 0 Å². The van der Waals surface area contributed by atoms with Crippen LogP contribution in [0.3, 0.4) is 0 Å². The fraction of sp³-hybridized carbons (Fsp3) is 0.222. The van der Waals surface area contributed by atoms with E-state index in [4.69, 9.17) is 0 Å². The average Bonchev–Trinajstić information content (AvgIpc) is 2.72. The van der Waals surface area contributed by atoms with Gasteiger partial charge in [-0.05, 0) is 24.3 Å². The molecule has 0 aliphatic heterocycles. The molecule has 0 saturated carbocycles. The van der Waals surface area contributed by atoms with Gasteiger partial charge in [0.2, 0.25) is 0 Å². The van der Waals surface area contributed by atoms with Gasteiger partial charge in [-0.1, -0.05) is 0 Å². The van der Waals surface area contributed by atoms with E-state index < -0.39 is 70.1 Å². The van der Waals surface area contributed by atoms with Gasteiger partial charge in [-0.2, -0.15) is 35.1 Å². The van der Waals surface area contributed by atoms with E-state index in [1.165, 1.54) is 0 Å². The Morgan fingerprint density at radius 2 is 0.824 bits per heavy atom. The minimum atomic E-state index is -7.25. The first-order valence-corrected chi connectivity index (χ1v) is 8.40. The third kappa shape index (κ3) is 4.48. The zero-order valence-corrected chi connectivity index (χ0v) is 15.8. The van der Waals surface area contributed by atoms with Crippen molar-refractivity contribution in [3.05, 3.63) is 59.7 Å². The van der Waals surface area contributed by atoms with Crippen LogP contribution in [0.1, 0.15) is 0 Å². The zero-order chi connectivity index (χ0) is 26.3. The van der Waals surface area contributed by atoms with E-state index in [0.29, 0.717) is 12.1 Å². The third-order valence-electron chi connectivity index (χ3n) is 4.11. The lowest BCUT2D eigenvalue weighted by atomic mass is 9.97. The minimum absolute atomic E-state index is 0.0104. The first-order valence-electron chi connectivity index (χ1n) is 8.40. The molecule has 34 heavy (non-hydrogen) atoms. The van der Waals surface area contributed by atoms with Gasteiger partial charge in [0, 0.05) is 23.5 Å². The number of benzene rings is 2. The summed E-state index contributed by atoms with van der Waals surface area (Å²) in [5, 5.41) is 1.66. The molecule has 0 fully saturated rings. The van der Waals surface area contributed by atoms with Crippen LogP contribution in [0.15, 0.2) is 36.4 Å². The van der Waals surface area contributed by atoms with Crippen LogP contribution in [0.25, 0.3) is 0 Å². The first-order chi connectivity index (χ1) is 15.4. The second-order valence-corrected chi connectivity index (χ2v) is 6.46. The highest BCUT2D eigenvalue weighted by Gasteiger charge is 2.84. The van der Waals surface area contributed by atoms with E-state index in [0.717, 1.165) is 10.6 Å². The smallest absolute Gasteiger partial charge is 0.321 e. The zero-order valence-electron chi connectivity index (χ0n) is 15.8. The number of halogens is 12. The van der Waals surface area contributed by atoms with Gasteiger partial charge in [-0.15, -0.1) is 0 Å². The van der Waals surface area contributed by atoms with Crippen LogP contribution in [0.4, 0.5) is 64.1 Å². The normalized spacial score (nSPS) is 12.9. The van der Waals surface area contributed by atoms with Crippen LogP contribution in [0.2, 0.25) is 0 Å². The monoisotopic (exact) mass is 512 g/mol. The lowest BCUT2D eigenvalue weighted by Gasteiger charge is -2.35. The molecular formula is C18H8F12N2O2. The van der Waals surface area contributed by atoms with E-state index in [-0.39, 0.29) is 24.3 Å². The Balaban J connectivity index is 2.33. The topological polar surface area (TPSA) is 58.2 Å². The summed E-state index contributed by atoms with van der Waals surface area (Å²) in [6.07, 6.45) is 0. The van der Waals surface area contributed by atoms with Crippen molar-refractivity contribution in [2.75, 3.05) is 10.6 Å². The molecule has 2 N–H and O–H groups in total. The van der Waals surface area contributed by atoms with Gasteiger partial charge in [0.25, 0.3) is 0 Å². The molecule has 2 rings (SSSR count). The van der Waals surface area contributed by atoms with Gasteiger partial charge in [0.15, 0.2) is 23.3 Å². The van der Waals surface area contributed by atoms with Crippen molar-refractivity contribution in [1.29, 1.82) is 0 Å². The minimum Gasteiger partial charge on any atom is -0.321 e. The van der Waals surface area contributed by atoms with Crippen molar-refractivity contribution in [3.8, 4) is 0 Å². The molecule has 2 amide bonds. The van der Waals surface area contributed by atoms with Gasteiger partial charge in [-0.3, -0.25) is 9.59 Å². The summed E-state index contributed by atoms with van der Waals surface area (Å²) in [5.41, 5.74) is -2.27. The number of rotatable bonds is 7. The third-order valence-corrected chi connectivity index (χ3v) is 4.11. The van der Waals surface area contributed by atoms with Crippen molar-refractivity contribution in [2.24, 2.45) is 0 Å². The van der Waals surface area contributed by atoms with E-state index >= 15 is 0 Å². The number of hydrogen-bond donors (Lipinski definition) is 2. The molecular weight excluding hydrogens is 504 g/mol. The SMILES string of the molecule is O=C(Nc1ccc(F)c(F)c1)C(F)(F)C(F)(F)C(F)(F)C(F)(F)C(=O)Nc1ccc(F)c(F)c1. The van der Waals surface area contributed by atoms with Crippen molar-refractivity contribution in [1.82, 2.24) is 0 Å². The fourth-order valence-electron chi connectivity index (χ4n) is 2.25. The molecule has 0 bridgehead atoms. The van der Waals surface area contributed by atoms with Gasteiger partial charge in [-0.25, -0.2) is 17.6 Å². The highest BCUT2D eigenvalue weighted by molar-refractivity contribution is 5.99. The molecule has 16 heteroatoms. The number of hydrogen-bond acceptors (Lipinski definition) is 2. The number of carbonyl (C=O) groups excluding carboxylic acids is 2. The van der Waals surface area contributed by atoms with Gasteiger partial charge < -0.3 is 10.6 Å². The second-order valence-electron chi connectivity index (χ2n) is 6.46. The molecule has 0 radical (unpaired) electrons. The Morgan fingerprint density at radius 3 is 1.09 bits per heavy atom. The highest BCUT2D eigenvalue weighted by Crippen LogP contribution is 2.53. The van der Waals surface area contributed by atoms with E-state index in [2.05, 4.69) is 0 Å². The quantitative estimate of drug-likeness (QED) is 0.491. The Hall–Kier alpha value is -3.46. The Kier molecular flexibility index (Phi) is 6.87. The number of anilines is 2. The molecule has 0 aromatic heterocycles. The molecule has 0 aliphatic carbocycles.